The van der Waals surface area contributed by atoms with Crippen LogP contribution in [0, 0.1) is 0 Å². The largest absolute Gasteiger partial charge is 0.382 e. The first-order valence-corrected chi connectivity index (χ1v) is 7.64. The number of benzene rings is 2. The molecule has 0 radical (unpaired) electrons. The van der Waals surface area contributed by atoms with Crippen molar-refractivity contribution in [1.29, 1.82) is 0 Å². The summed E-state index contributed by atoms with van der Waals surface area (Å²) in [6.45, 7) is 1.75. The monoisotopic (exact) mass is 348 g/mol. The maximum absolute atomic E-state index is 6.19. The molecular weight excluding hydrogens is 336 g/mol. The first kappa shape index (κ1) is 13.5. The molecule has 0 saturated carbocycles. The third-order valence-electron chi connectivity index (χ3n) is 3.30. The number of hydrogen-bond donors (Lipinski definition) is 1. The molecule has 0 spiro atoms. The van der Waals surface area contributed by atoms with E-state index >= 15 is 0 Å². The van der Waals surface area contributed by atoms with Crippen molar-refractivity contribution in [3.8, 4) is 0 Å². The van der Waals surface area contributed by atoms with Crippen molar-refractivity contribution in [3.05, 3.63) is 64.2 Å². The Kier molecular flexibility index (Phi) is 3.99. The molecule has 0 aliphatic carbocycles. The number of halogens is 2. The number of nitrogens with zero attached hydrogens (tertiary/aromatic N) is 1. The topological polar surface area (TPSA) is 17.0 Å². The Morgan fingerprint density at radius 2 is 1.90 bits per heavy atom. The highest BCUT2D eigenvalue weighted by Crippen LogP contribution is 2.24. The summed E-state index contributed by atoms with van der Waals surface area (Å²) in [5, 5.41) is 5.34. The first-order chi connectivity index (χ1) is 9.75. The van der Waals surface area contributed by atoms with E-state index in [1.54, 1.807) is 0 Å². The Morgan fingerprint density at radius 1 is 1.05 bits per heavy atom. The van der Waals surface area contributed by atoms with Crippen LogP contribution in [0.2, 0.25) is 5.02 Å². The molecule has 0 saturated heterocycles. The van der Waals surface area contributed by atoms with Gasteiger partial charge >= 0.3 is 0 Å². The number of nitrogens with one attached hydrogen (secondary N) is 1. The molecule has 0 aliphatic heterocycles. The van der Waals surface area contributed by atoms with Gasteiger partial charge in [-0.15, -0.1) is 0 Å². The van der Waals surface area contributed by atoms with Crippen molar-refractivity contribution in [2.75, 3.05) is 11.9 Å². The van der Waals surface area contributed by atoms with Gasteiger partial charge in [0.05, 0.1) is 0 Å². The molecule has 0 fully saturated rings. The second-order valence-electron chi connectivity index (χ2n) is 4.59. The molecule has 1 heterocycles. The second-order valence-corrected chi connectivity index (χ2v) is 5.85. The van der Waals surface area contributed by atoms with E-state index in [-0.39, 0.29) is 0 Å². The van der Waals surface area contributed by atoms with Crippen molar-refractivity contribution in [2.24, 2.45) is 0 Å². The van der Waals surface area contributed by atoms with Crippen LogP contribution >= 0.6 is 27.5 Å². The molecule has 0 amide bonds. The van der Waals surface area contributed by atoms with Crippen LogP contribution in [0.1, 0.15) is 0 Å². The Balaban J connectivity index is 1.72. The van der Waals surface area contributed by atoms with Gasteiger partial charge in [-0.1, -0.05) is 29.8 Å². The molecule has 102 valence electrons. The molecule has 20 heavy (non-hydrogen) atoms. The molecule has 3 aromatic rings. The highest BCUT2D eigenvalue weighted by Gasteiger charge is 2.04. The SMILES string of the molecule is Clc1cccc2c1ccn2CCNc1ccccc1Br. The van der Waals surface area contributed by atoms with Gasteiger partial charge in [0.15, 0.2) is 0 Å². The number of fused-ring (bicyclic) bond motifs is 1. The van der Waals surface area contributed by atoms with Gasteiger partial charge in [-0.2, -0.15) is 0 Å². The molecular formula is C16H14BrClN2. The number of para-hydroxylation sites is 1. The van der Waals surface area contributed by atoms with Crippen LogP contribution in [0.4, 0.5) is 5.69 Å². The van der Waals surface area contributed by atoms with Crippen molar-refractivity contribution < 1.29 is 0 Å². The van der Waals surface area contributed by atoms with Gasteiger partial charge in [-0.3, -0.25) is 0 Å². The number of aromatic nitrogens is 1. The highest BCUT2D eigenvalue weighted by molar-refractivity contribution is 9.10. The summed E-state index contributed by atoms with van der Waals surface area (Å²) in [6.07, 6.45) is 2.08. The molecule has 1 N–H and O–H groups in total. The molecule has 2 aromatic carbocycles. The molecule has 2 nitrogen and oxygen atoms in total. The zero-order valence-electron chi connectivity index (χ0n) is 10.8. The van der Waals surface area contributed by atoms with Crippen LogP contribution in [0.15, 0.2) is 59.2 Å². The van der Waals surface area contributed by atoms with Crippen molar-refractivity contribution in [2.45, 2.75) is 6.54 Å². The van der Waals surface area contributed by atoms with Crippen LogP contribution in [-0.4, -0.2) is 11.1 Å². The Labute approximate surface area is 131 Å². The summed E-state index contributed by atoms with van der Waals surface area (Å²) >= 11 is 9.72. The summed E-state index contributed by atoms with van der Waals surface area (Å²) in [4.78, 5) is 0. The van der Waals surface area contributed by atoms with E-state index in [2.05, 4.69) is 50.2 Å². The van der Waals surface area contributed by atoms with Crippen molar-refractivity contribution in [3.63, 3.8) is 0 Å². The Hall–Kier alpha value is -1.45. The number of hydrogen-bond acceptors (Lipinski definition) is 1. The maximum Gasteiger partial charge on any atom is 0.0499 e. The summed E-state index contributed by atoms with van der Waals surface area (Å²) in [6, 6.07) is 16.2. The van der Waals surface area contributed by atoms with Crippen LogP contribution in [0.5, 0.6) is 0 Å². The smallest absolute Gasteiger partial charge is 0.0499 e. The molecule has 0 atom stereocenters. The summed E-state index contributed by atoms with van der Waals surface area (Å²) in [7, 11) is 0. The van der Waals surface area contributed by atoms with Crippen molar-refractivity contribution in [1.82, 2.24) is 4.57 Å². The van der Waals surface area contributed by atoms with Crippen LogP contribution in [0.3, 0.4) is 0 Å². The van der Waals surface area contributed by atoms with Gasteiger partial charge in [0.1, 0.15) is 0 Å². The number of anilines is 1. The molecule has 0 bridgehead atoms. The van der Waals surface area contributed by atoms with Gasteiger partial charge < -0.3 is 9.88 Å². The van der Waals surface area contributed by atoms with E-state index in [0.717, 1.165) is 33.7 Å². The summed E-state index contributed by atoms with van der Waals surface area (Å²) < 4.78 is 3.30. The predicted octanol–water partition coefficient (Wildman–Crippen LogP) is 5.17. The van der Waals surface area contributed by atoms with Gasteiger partial charge in [0, 0.05) is 45.4 Å². The lowest BCUT2D eigenvalue weighted by Gasteiger charge is -2.10. The van der Waals surface area contributed by atoms with E-state index in [1.807, 2.05) is 30.3 Å². The minimum Gasteiger partial charge on any atom is -0.382 e. The summed E-state index contributed by atoms with van der Waals surface area (Å²) in [5.41, 5.74) is 2.29. The average molecular weight is 350 g/mol. The van der Waals surface area contributed by atoms with E-state index in [0.29, 0.717) is 0 Å². The van der Waals surface area contributed by atoms with Crippen LogP contribution in [-0.2, 0) is 6.54 Å². The van der Waals surface area contributed by atoms with Gasteiger partial charge in [0.2, 0.25) is 0 Å². The molecule has 4 heteroatoms. The molecule has 3 rings (SSSR count). The standard InChI is InChI=1S/C16H14BrClN2/c17-13-4-1-2-6-15(13)19-9-11-20-10-8-12-14(18)5-3-7-16(12)20/h1-8,10,19H,9,11H2. The second kappa shape index (κ2) is 5.90. The van der Waals surface area contributed by atoms with Gasteiger partial charge in [-0.05, 0) is 46.3 Å². The minimum atomic E-state index is 0.806. The zero-order chi connectivity index (χ0) is 13.9. The third-order valence-corrected chi connectivity index (χ3v) is 4.32. The Bertz CT molecular complexity index is 736. The fourth-order valence-corrected chi connectivity index (χ4v) is 2.95. The number of rotatable bonds is 4. The molecule has 0 aliphatic rings. The maximum atomic E-state index is 6.19. The normalized spacial score (nSPS) is 10.9. The third kappa shape index (κ3) is 2.69. The fourth-order valence-electron chi connectivity index (χ4n) is 2.30. The average Bonchev–Trinajstić information content (AvgIpc) is 2.86. The molecule has 1 aromatic heterocycles. The van der Waals surface area contributed by atoms with E-state index in [9.17, 15) is 0 Å². The Morgan fingerprint density at radius 3 is 2.75 bits per heavy atom. The highest BCUT2D eigenvalue weighted by atomic mass is 79.9. The van der Waals surface area contributed by atoms with E-state index in [4.69, 9.17) is 11.6 Å². The van der Waals surface area contributed by atoms with Crippen molar-refractivity contribution >= 4 is 44.1 Å². The molecule has 0 unspecified atom stereocenters. The quantitative estimate of drug-likeness (QED) is 0.687. The fraction of sp³-hybridized carbons (Fsp3) is 0.125. The summed E-state index contributed by atoms with van der Waals surface area (Å²) in [5.74, 6) is 0. The minimum absolute atomic E-state index is 0.806. The first-order valence-electron chi connectivity index (χ1n) is 6.47. The van der Waals surface area contributed by atoms with Crippen LogP contribution in [0.25, 0.3) is 10.9 Å². The van der Waals surface area contributed by atoms with E-state index < -0.39 is 0 Å². The lowest BCUT2D eigenvalue weighted by atomic mass is 10.2. The van der Waals surface area contributed by atoms with Crippen LogP contribution < -0.4 is 5.32 Å². The lowest BCUT2D eigenvalue weighted by Crippen LogP contribution is -2.09. The predicted molar refractivity (Wildman–Crippen MR) is 89.6 cm³/mol. The van der Waals surface area contributed by atoms with Gasteiger partial charge in [0.25, 0.3) is 0 Å². The lowest BCUT2D eigenvalue weighted by molar-refractivity contribution is 0.757. The zero-order valence-corrected chi connectivity index (χ0v) is 13.2. The van der Waals surface area contributed by atoms with Gasteiger partial charge in [-0.25, -0.2) is 0 Å². The van der Waals surface area contributed by atoms with E-state index in [1.165, 1.54) is 5.52 Å².